The zero-order valence-electron chi connectivity index (χ0n) is 24.3. The maximum atomic E-state index is 14.4. The number of rotatable bonds is 2. The number of alkyl halides is 3. The standard InChI is InChI=1S/C35H25F3N6S/c1-3-34(4-2)32(44-26(18-30(41-44)35(36,37)38)25-12-7-8-15-42(25)34)31-23-17-29-22(20-10-5-6-13-28(20)45-29)16-21(23)27-19-40-24-11-9-14-39-33(24)43(27)31/h5-19H,3-4H2,1-2H3/q+2. The number of hydrogen-bond donors (Lipinski definition) is 0. The number of aromatic nitrogens is 6. The largest absolute Gasteiger partial charge is 0.435 e. The summed E-state index contributed by atoms with van der Waals surface area (Å²) in [5.74, 6) is 0. The van der Waals surface area contributed by atoms with E-state index in [1.54, 1.807) is 22.2 Å². The Balaban J connectivity index is 1.51. The summed E-state index contributed by atoms with van der Waals surface area (Å²) in [4.78, 5) is 9.56. The maximum Gasteiger partial charge on any atom is 0.435 e. The number of pyridine rings is 2. The van der Waals surface area contributed by atoms with E-state index in [0.29, 0.717) is 41.1 Å². The summed E-state index contributed by atoms with van der Waals surface area (Å²) in [6, 6.07) is 23.3. The predicted octanol–water partition coefficient (Wildman–Crippen LogP) is 7.84. The van der Waals surface area contributed by atoms with E-state index in [2.05, 4.69) is 52.3 Å². The summed E-state index contributed by atoms with van der Waals surface area (Å²) >= 11 is 1.71. The lowest BCUT2D eigenvalue weighted by molar-refractivity contribution is -0.743. The topological polar surface area (TPSA) is 51.4 Å². The molecule has 0 atom stereocenters. The minimum Gasteiger partial charge on any atom is -0.244 e. The molecule has 0 saturated carbocycles. The van der Waals surface area contributed by atoms with Crippen LogP contribution in [0.2, 0.25) is 0 Å². The highest BCUT2D eigenvalue weighted by Gasteiger charge is 2.54. The van der Waals surface area contributed by atoms with Crippen molar-refractivity contribution in [2.24, 2.45) is 0 Å². The third kappa shape index (κ3) is 3.43. The van der Waals surface area contributed by atoms with Gasteiger partial charge in [-0.1, -0.05) is 32.0 Å². The highest BCUT2D eigenvalue weighted by atomic mass is 32.1. The van der Waals surface area contributed by atoms with Crippen LogP contribution in [0.4, 0.5) is 13.2 Å². The molecule has 0 aliphatic carbocycles. The molecule has 45 heavy (non-hydrogen) atoms. The van der Waals surface area contributed by atoms with Crippen LogP contribution in [0.3, 0.4) is 0 Å². The average molecular weight is 619 g/mol. The van der Waals surface area contributed by atoms with Crippen LogP contribution >= 0.6 is 11.3 Å². The molecular weight excluding hydrogens is 593 g/mol. The molecule has 5 aromatic heterocycles. The molecular formula is C35H25F3N6S+2. The number of hydrogen-bond acceptors (Lipinski definition) is 4. The molecule has 7 aromatic rings. The van der Waals surface area contributed by atoms with Crippen molar-refractivity contribution in [3.63, 3.8) is 0 Å². The van der Waals surface area contributed by atoms with Crippen LogP contribution in [0, 0.1) is 0 Å². The first-order valence-corrected chi connectivity index (χ1v) is 15.7. The molecule has 0 saturated heterocycles. The first kappa shape index (κ1) is 26.4. The van der Waals surface area contributed by atoms with Crippen LogP contribution in [0.15, 0.2) is 91.4 Å². The molecule has 0 N–H and O–H groups in total. The van der Waals surface area contributed by atoms with Gasteiger partial charge in [0.15, 0.2) is 34.5 Å². The minimum atomic E-state index is -4.61. The maximum absolute atomic E-state index is 14.4. The minimum absolute atomic E-state index is 0.396. The van der Waals surface area contributed by atoms with Crippen molar-refractivity contribution >= 4 is 54.1 Å². The van der Waals surface area contributed by atoms with E-state index in [-0.39, 0.29) is 0 Å². The molecule has 2 aliphatic rings. The molecule has 2 aliphatic heterocycles. The summed E-state index contributed by atoms with van der Waals surface area (Å²) in [7, 11) is 0. The van der Waals surface area contributed by atoms with Gasteiger partial charge in [-0.15, -0.1) is 11.3 Å². The SMILES string of the molecule is CCC1(CC)C(=C2c3cc4sc5ccccc5c4cc3-c3cnc4cccnc4[n+]32)n2nc(C(F)(F)F)cc2-c2cccc[n+]21. The second-order valence-corrected chi connectivity index (χ2v) is 12.6. The van der Waals surface area contributed by atoms with E-state index >= 15 is 0 Å². The summed E-state index contributed by atoms with van der Waals surface area (Å²) in [6.45, 7) is 4.18. The Labute approximate surface area is 259 Å². The molecule has 0 amide bonds. The van der Waals surface area contributed by atoms with Crippen LogP contribution < -0.4 is 9.13 Å². The number of thiophene rings is 1. The third-order valence-electron chi connectivity index (χ3n) is 9.45. The zero-order valence-corrected chi connectivity index (χ0v) is 25.1. The van der Waals surface area contributed by atoms with Crippen LogP contribution in [0.5, 0.6) is 0 Å². The number of halogens is 3. The van der Waals surface area contributed by atoms with Crippen molar-refractivity contribution in [1.29, 1.82) is 0 Å². The highest BCUT2D eigenvalue weighted by molar-refractivity contribution is 7.25. The van der Waals surface area contributed by atoms with E-state index in [4.69, 9.17) is 9.97 Å². The smallest absolute Gasteiger partial charge is 0.244 e. The lowest BCUT2D eigenvalue weighted by atomic mass is 9.83. The molecule has 6 nitrogen and oxygen atoms in total. The zero-order chi connectivity index (χ0) is 30.7. The van der Waals surface area contributed by atoms with Crippen LogP contribution in [-0.4, -0.2) is 19.7 Å². The molecule has 0 unspecified atom stereocenters. The molecule has 220 valence electrons. The third-order valence-corrected chi connectivity index (χ3v) is 10.6. The molecule has 2 aromatic carbocycles. The van der Waals surface area contributed by atoms with Crippen LogP contribution in [0.1, 0.15) is 37.9 Å². The summed E-state index contributed by atoms with van der Waals surface area (Å²) < 4.78 is 51.1. The van der Waals surface area contributed by atoms with Gasteiger partial charge in [0.25, 0.3) is 0 Å². The highest BCUT2D eigenvalue weighted by Crippen LogP contribution is 2.49. The van der Waals surface area contributed by atoms with Gasteiger partial charge >= 0.3 is 11.8 Å². The van der Waals surface area contributed by atoms with Crippen molar-refractivity contribution in [2.75, 3.05) is 0 Å². The van der Waals surface area contributed by atoms with Gasteiger partial charge in [0.05, 0.1) is 6.20 Å². The van der Waals surface area contributed by atoms with Crippen molar-refractivity contribution < 1.29 is 22.3 Å². The molecule has 9 rings (SSSR count). The second-order valence-electron chi connectivity index (χ2n) is 11.5. The Hall–Kier alpha value is -4.96. The number of benzene rings is 2. The quantitative estimate of drug-likeness (QED) is 0.186. The molecule has 0 bridgehead atoms. The Morgan fingerprint density at radius 2 is 1.67 bits per heavy atom. The number of allylic oxidation sites excluding steroid dienone is 1. The summed E-state index contributed by atoms with van der Waals surface area (Å²) in [5, 5.41) is 6.64. The van der Waals surface area contributed by atoms with Gasteiger partial charge < -0.3 is 0 Å². The lowest BCUT2D eigenvalue weighted by Crippen LogP contribution is -2.61. The average Bonchev–Trinajstić information content (AvgIpc) is 3.75. The molecule has 0 fully saturated rings. The van der Waals surface area contributed by atoms with Crippen molar-refractivity contribution in [3.8, 4) is 22.6 Å². The first-order chi connectivity index (χ1) is 21.8. The van der Waals surface area contributed by atoms with Gasteiger partial charge in [-0.25, -0.2) is 9.67 Å². The van der Waals surface area contributed by atoms with E-state index in [9.17, 15) is 13.2 Å². The Morgan fingerprint density at radius 1 is 0.844 bits per heavy atom. The van der Waals surface area contributed by atoms with Crippen LogP contribution in [-0.2, 0) is 11.7 Å². The number of nitrogens with zero attached hydrogens (tertiary/aromatic N) is 6. The van der Waals surface area contributed by atoms with Crippen molar-refractivity contribution in [1.82, 2.24) is 19.7 Å². The number of fused-ring (bicyclic) bond motifs is 11. The van der Waals surface area contributed by atoms with Gasteiger partial charge in [0.1, 0.15) is 11.9 Å². The second kappa shape index (κ2) is 9.04. The molecule has 0 spiro atoms. The Morgan fingerprint density at radius 3 is 2.49 bits per heavy atom. The van der Waals surface area contributed by atoms with Gasteiger partial charge in [0.2, 0.25) is 11.2 Å². The molecule has 0 radical (unpaired) electrons. The van der Waals surface area contributed by atoms with E-state index < -0.39 is 17.4 Å². The van der Waals surface area contributed by atoms with E-state index in [1.165, 1.54) is 16.2 Å². The van der Waals surface area contributed by atoms with Gasteiger partial charge in [-0.3, -0.25) is 0 Å². The molecule has 10 heteroatoms. The Bertz CT molecular complexity index is 2410. The lowest BCUT2D eigenvalue weighted by Gasteiger charge is -2.34. The fourth-order valence-corrected chi connectivity index (χ4v) is 8.50. The van der Waals surface area contributed by atoms with Gasteiger partial charge in [0, 0.05) is 62.3 Å². The summed E-state index contributed by atoms with van der Waals surface area (Å²) in [5.41, 5.74) is 4.95. The van der Waals surface area contributed by atoms with Crippen molar-refractivity contribution in [2.45, 2.75) is 38.4 Å². The molecule has 7 heterocycles. The normalized spacial score (nSPS) is 16.6. The van der Waals surface area contributed by atoms with Crippen LogP contribution in [0.25, 0.3) is 65.4 Å². The Kier molecular flexibility index (Phi) is 5.31. The van der Waals surface area contributed by atoms with E-state index in [0.717, 1.165) is 32.6 Å². The van der Waals surface area contributed by atoms with Gasteiger partial charge in [-0.2, -0.15) is 27.4 Å². The van der Waals surface area contributed by atoms with Gasteiger partial charge in [-0.05, 0) is 41.4 Å². The van der Waals surface area contributed by atoms with E-state index in [1.807, 2.05) is 54.9 Å². The fraction of sp³-hybridized carbons (Fsp3) is 0.171. The fourth-order valence-electron chi connectivity index (χ4n) is 7.37. The monoisotopic (exact) mass is 618 g/mol. The van der Waals surface area contributed by atoms with Crippen molar-refractivity contribution in [3.05, 3.63) is 103 Å². The predicted molar refractivity (Wildman–Crippen MR) is 168 cm³/mol. The first-order valence-electron chi connectivity index (χ1n) is 14.9. The summed E-state index contributed by atoms with van der Waals surface area (Å²) in [6.07, 6.45) is 2.20.